The van der Waals surface area contributed by atoms with Crippen molar-refractivity contribution in [1.29, 1.82) is 0 Å². The van der Waals surface area contributed by atoms with Gasteiger partial charge in [0, 0.05) is 4.43 Å². The Balaban J connectivity index is 2.65. The average molecular weight is 300 g/mol. The van der Waals surface area contributed by atoms with Gasteiger partial charge in [-0.1, -0.05) is 71.2 Å². The van der Waals surface area contributed by atoms with E-state index in [1.807, 2.05) is 6.08 Å². The molecule has 0 heterocycles. The van der Waals surface area contributed by atoms with E-state index in [0.29, 0.717) is 5.92 Å². The van der Waals surface area contributed by atoms with Gasteiger partial charge in [-0.3, -0.25) is 0 Å². The second kappa shape index (κ2) is 7.04. The smallest absolute Gasteiger partial charge is 0.000397 e. The van der Waals surface area contributed by atoms with Crippen molar-refractivity contribution in [2.24, 2.45) is 5.92 Å². The Morgan fingerprint density at radius 1 is 1.57 bits per heavy atom. The summed E-state index contributed by atoms with van der Waals surface area (Å²) in [7, 11) is 0. The molecule has 1 atom stereocenters. The fraction of sp³-hybridized carbons (Fsp3) is 0.385. The molecule has 0 aromatic carbocycles. The predicted octanol–water partition coefficient (Wildman–Crippen LogP) is 4.45. The summed E-state index contributed by atoms with van der Waals surface area (Å²) in [6, 6.07) is 0. The van der Waals surface area contributed by atoms with Gasteiger partial charge in [-0.15, -0.1) is 0 Å². The van der Waals surface area contributed by atoms with E-state index in [2.05, 4.69) is 59.5 Å². The van der Waals surface area contributed by atoms with E-state index in [-0.39, 0.29) is 0 Å². The molecule has 76 valence electrons. The molecular weight excluding hydrogens is 283 g/mol. The van der Waals surface area contributed by atoms with Crippen LogP contribution in [0.1, 0.15) is 19.3 Å². The topological polar surface area (TPSA) is 0 Å². The first-order valence-electron chi connectivity index (χ1n) is 5.09. The van der Waals surface area contributed by atoms with E-state index in [1.54, 1.807) is 5.57 Å². The normalized spacial score (nSPS) is 18.2. The van der Waals surface area contributed by atoms with Crippen LogP contribution in [-0.2, 0) is 0 Å². The second-order valence-corrected chi connectivity index (χ2v) is 4.49. The van der Waals surface area contributed by atoms with E-state index in [9.17, 15) is 0 Å². The van der Waals surface area contributed by atoms with E-state index >= 15 is 0 Å². The van der Waals surface area contributed by atoms with Crippen molar-refractivity contribution in [3.8, 4) is 0 Å². The maximum absolute atomic E-state index is 3.72. The fourth-order valence-corrected chi connectivity index (χ4v) is 2.34. The minimum atomic E-state index is 0.620. The van der Waals surface area contributed by atoms with Crippen LogP contribution in [0.25, 0.3) is 0 Å². The van der Waals surface area contributed by atoms with Crippen molar-refractivity contribution in [2.75, 3.05) is 4.43 Å². The molecule has 1 heteroatoms. The van der Waals surface area contributed by atoms with Crippen molar-refractivity contribution in [1.82, 2.24) is 0 Å². The molecule has 1 aliphatic rings. The highest BCUT2D eigenvalue weighted by Gasteiger charge is 2.10. The van der Waals surface area contributed by atoms with Gasteiger partial charge in [0.1, 0.15) is 0 Å². The lowest BCUT2D eigenvalue weighted by Gasteiger charge is -2.17. The molecule has 1 rings (SSSR count). The highest BCUT2D eigenvalue weighted by molar-refractivity contribution is 14.1. The predicted molar refractivity (Wildman–Crippen MR) is 72.8 cm³/mol. The molecule has 0 radical (unpaired) electrons. The van der Waals surface area contributed by atoms with Crippen LogP contribution in [0.15, 0.2) is 48.6 Å². The Morgan fingerprint density at radius 3 is 3.00 bits per heavy atom. The summed E-state index contributed by atoms with van der Waals surface area (Å²) in [4.78, 5) is 0. The number of hydrogen-bond donors (Lipinski definition) is 0. The molecule has 0 aromatic heterocycles. The average Bonchev–Trinajstić information content (AvgIpc) is 2.25. The molecule has 0 saturated heterocycles. The van der Waals surface area contributed by atoms with Gasteiger partial charge in [0.25, 0.3) is 0 Å². The van der Waals surface area contributed by atoms with Gasteiger partial charge < -0.3 is 0 Å². The number of hydrogen-bond acceptors (Lipinski definition) is 0. The summed E-state index contributed by atoms with van der Waals surface area (Å²) in [5.74, 6) is 0.620. The van der Waals surface area contributed by atoms with Crippen LogP contribution in [-0.4, -0.2) is 4.43 Å². The number of alkyl halides is 1. The van der Waals surface area contributed by atoms with Crippen molar-refractivity contribution in [2.45, 2.75) is 19.3 Å². The molecule has 0 bridgehead atoms. The molecule has 0 spiro atoms. The summed E-state index contributed by atoms with van der Waals surface area (Å²) < 4.78 is 1.21. The van der Waals surface area contributed by atoms with Gasteiger partial charge in [-0.2, -0.15) is 0 Å². The first kappa shape index (κ1) is 11.8. The molecular formula is C13H17I. The quantitative estimate of drug-likeness (QED) is 0.400. The highest BCUT2D eigenvalue weighted by atomic mass is 127. The van der Waals surface area contributed by atoms with Crippen molar-refractivity contribution < 1.29 is 0 Å². The Hall–Kier alpha value is -0.310. The zero-order valence-electron chi connectivity index (χ0n) is 8.45. The first-order valence-corrected chi connectivity index (χ1v) is 6.62. The van der Waals surface area contributed by atoms with Crippen molar-refractivity contribution >= 4 is 22.6 Å². The van der Waals surface area contributed by atoms with Gasteiger partial charge >= 0.3 is 0 Å². The summed E-state index contributed by atoms with van der Waals surface area (Å²) in [5.41, 5.74) is 1.57. The number of allylic oxidation sites excluding steroid dienone is 7. The van der Waals surface area contributed by atoms with E-state index in [4.69, 9.17) is 0 Å². The number of halogens is 1. The zero-order valence-corrected chi connectivity index (χ0v) is 10.6. The number of rotatable bonds is 5. The lowest BCUT2D eigenvalue weighted by molar-refractivity contribution is 0.693. The van der Waals surface area contributed by atoms with Crippen LogP contribution in [0.4, 0.5) is 0 Å². The van der Waals surface area contributed by atoms with Crippen LogP contribution in [0.2, 0.25) is 0 Å². The zero-order chi connectivity index (χ0) is 10.2. The van der Waals surface area contributed by atoms with Crippen molar-refractivity contribution in [3.05, 3.63) is 48.6 Å². The summed E-state index contributed by atoms with van der Waals surface area (Å²) in [5, 5.41) is 0. The lowest BCUT2D eigenvalue weighted by atomic mass is 9.90. The Kier molecular flexibility index (Phi) is 5.92. The lowest BCUT2D eigenvalue weighted by Crippen LogP contribution is -2.03. The summed E-state index contributed by atoms with van der Waals surface area (Å²) >= 11 is 2.45. The molecule has 1 unspecified atom stereocenters. The molecule has 0 N–H and O–H groups in total. The highest BCUT2D eigenvalue weighted by Crippen LogP contribution is 2.25. The molecule has 1 aliphatic carbocycles. The maximum Gasteiger partial charge on any atom is 0.000397 e. The van der Waals surface area contributed by atoms with Gasteiger partial charge in [0.05, 0.1) is 0 Å². The fourth-order valence-electron chi connectivity index (χ4n) is 1.67. The third kappa shape index (κ3) is 3.82. The minimum Gasteiger partial charge on any atom is -0.0991 e. The summed E-state index contributed by atoms with van der Waals surface area (Å²) in [6.07, 6.45) is 16.6. The third-order valence-electron chi connectivity index (χ3n) is 2.42. The Bertz CT molecular complexity index is 258. The van der Waals surface area contributed by atoms with Crippen LogP contribution >= 0.6 is 22.6 Å². The largest absolute Gasteiger partial charge is 0.0991 e. The summed E-state index contributed by atoms with van der Waals surface area (Å²) in [6.45, 7) is 3.72. The van der Waals surface area contributed by atoms with Gasteiger partial charge in [0.15, 0.2) is 0 Å². The standard InChI is InChI=1S/C13H17I/c1-2-3-7-13(10-11-14)12-8-5-4-6-9-12/h2-5,7-8,13H,1,6,9-11H2/b7-3-. The van der Waals surface area contributed by atoms with Crippen LogP contribution in [0.5, 0.6) is 0 Å². The second-order valence-electron chi connectivity index (χ2n) is 3.41. The van der Waals surface area contributed by atoms with Crippen LogP contribution in [0, 0.1) is 5.92 Å². The minimum absolute atomic E-state index is 0.620. The van der Waals surface area contributed by atoms with Gasteiger partial charge in [-0.25, -0.2) is 0 Å². The van der Waals surface area contributed by atoms with Gasteiger partial charge in [0.2, 0.25) is 0 Å². The van der Waals surface area contributed by atoms with E-state index < -0.39 is 0 Å². The first-order chi connectivity index (χ1) is 6.88. The maximum atomic E-state index is 3.72. The Labute approximate surface area is 101 Å². The monoisotopic (exact) mass is 300 g/mol. The Morgan fingerprint density at radius 2 is 2.43 bits per heavy atom. The van der Waals surface area contributed by atoms with Crippen LogP contribution in [0.3, 0.4) is 0 Å². The third-order valence-corrected chi connectivity index (χ3v) is 3.04. The molecule has 0 amide bonds. The van der Waals surface area contributed by atoms with Gasteiger partial charge in [-0.05, 0) is 25.2 Å². The van der Waals surface area contributed by atoms with Crippen LogP contribution < -0.4 is 0 Å². The van der Waals surface area contributed by atoms with E-state index in [0.717, 1.165) is 0 Å². The molecule has 14 heavy (non-hydrogen) atoms. The van der Waals surface area contributed by atoms with E-state index in [1.165, 1.54) is 23.7 Å². The molecule has 0 fully saturated rings. The van der Waals surface area contributed by atoms with Crippen molar-refractivity contribution in [3.63, 3.8) is 0 Å². The molecule has 0 nitrogen and oxygen atoms in total. The molecule has 0 aliphatic heterocycles. The molecule has 0 aromatic rings. The SMILES string of the molecule is C=C/C=C\C(CCI)C1=CC=CCC1. The molecule has 0 saturated carbocycles.